The summed E-state index contributed by atoms with van der Waals surface area (Å²) in [5.74, 6) is 0.300. The van der Waals surface area contributed by atoms with Gasteiger partial charge in [-0.15, -0.1) is 0 Å². The Balaban J connectivity index is 1.50. The van der Waals surface area contributed by atoms with Gasteiger partial charge in [-0.25, -0.2) is 4.98 Å². The highest BCUT2D eigenvalue weighted by Gasteiger charge is 2.51. The number of aliphatic hydroxyl groups excluding tert-OH is 1. The van der Waals surface area contributed by atoms with Gasteiger partial charge in [-0.05, 0) is 12.8 Å². The molecule has 4 heterocycles. The number of methoxy groups -OCH3 is 1. The smallest absolute Gasteiger partial charge is 0.280 e. The third kappa shape index (κ3) is 5.86. The van der Waals surface area contributed by atoms with Crippen molar-refractivity contribution in [2.75, 3.05) is 38.4 Å². The first-order valence-corrected chi connectivity index (χ1v) is 13.3. The molecule has 35 heavy (non-hydrogen) atoms. The van der Waals surface area contributed by atoms with Gasteiger partial charge in [-0.2, -0.15) is 4.98 Å². The van der Waals surface area contributed by atoms with E-state index in [2.05, 4.69) is 24.8 Å². The van der Waals surface area contributed by atoms with Crippen LogP contribution in [0.3, 0.4) is 0 Å². The summed E-state index contributed by atoms with van der Waals surface area (Å²) < 4.78 is 33.4. The number of phosphoric acid groups is 1. The molecule has 4 rings (SSSR count). The first-order valence-electron chi connectivity index (χ1n) is 10.8. The number of fused-ring (bicyclic) bond motifs is 2. The highest BCUT2D eigenvalue weighted by Crippen LogP contribution is 2.50. The molecule has 2 aromatic heterocycles. The minimum Gasteiger partial charge on any atom is -0.756 e. The standard InChI is InChI=1S/C18H27N6O9PS/c1-30-6-5-20-10(25)4-2-3-7-35-18-21-11-14(22-17(19)23-15(11)27)24(18)16-12(26)13-9(32-16)8-31-34(28,29)33-13/h9,12-13,16,26H,2-8H2,1H3,(H,20,25)(H,28,29)(H3,19,22,23,27)/p-1/t9?,12?,13-,16-/m1/s1. The summed E-state index contributed by atoms with van der Waals surface area (Å²) in [6.07, 6.45) is -3.00. The molecule has 3 unspecified atom stereocenters. The number of nitrogens with zero attached hydrogens (tertiary/aromatic N) is 3. The summed E-state index contributed by atoms with van der Waals surface area (Å²) in [5.41, 5.74) is 5.19. The zero-order valence-electron chi connectivity index (χ0n) is 18.7. The number of nitrogen functional groups attached to an aromatic ring is 1. The largest absolute Gasteiger partial charge is 0.756 e. The van der Waals surface area contributed by atoms with Gasteiger partial charge in [-0.1, -0.05) is 11.8 Å². The zero-order chi connectivity index (χ0) is 25.2. The normalized spacial score (nSPS) is 28.3. The number of aliphatic hydroxyl groups is 1. The maximum Gasteiger partial charge on any atom is 0.280 e. The minimum absolute atomic E-state index is 0.0171. The van der Waals surface area contributed by atoms with Crippen LogP contribution in [0.5, 0.6) is 0 Å². The molecule has 0 saturated carbocycles. The number of amides is 1. The second-order valence-electron chi connectivity index (χ2n) is 7.90. The lowest BCUT2D eigenvalue weighted by Gasteiger charge is -2.34. The molecule has 1 amide bonds. The summed E-state index contributed by atoms with van der Waals surface area (Å²) in [5, 5.41) is 13.9. The second-order valence-corrected chi connectivity index (χ2v) is 10.3. The molecule has 0 spiro atoms. The van der Waals surface area contributed by atoms with E-state index in [0.29, 0.717) is 43.3 Å². The number of unbranched alkanes of at least 4 members (excludes halogenated alkanes) is 1. The maximum atomic E-state index is 12.4. The molecule has 2 saturated heterocycles. The molecule has 2 fully saturated rings. The van der Waals surface area contributed by atoms with E-state index in [4.69, 9.17) is 19.7 Å². The number of H-pyrrole nitrogens is 1. The van der Waals surface area contributed by atoms with Gasteiger partial charge in [0, 0.05) is 25.8 Å². The Morgan fingerprint density at radius 1 is 1.46 bits per heavy atom. The number of carbonyl (C=O) groups excluding carboxylic acids is 1. The molecule has 2 aromatic rings. The van der Waals surface area contributed by atoms with Gasteiger partial charge in [-0.3, -0.25) is 23.7 Å². The van der Waals surface area contributed by atoms with Crippen molar-refractivity contribution in [3.8, 4) is 0 Å². The van der Waals surface area contributed by atoms with Crippen molar-refractivity contribution >= 4 is 42.6 Å². The average molecular weight is 533 g/mol. The molecule has 194 valence electrons. The van der Waals surface area contributed by atoms with Crippen LogP contribution in [-0.2, 0) is 27.9 Å². The van der Waals surface area contributed by atoms with Crippen LogP contribution in [0.2, 0.25) is 0 Å². The number of phosphoric ester groups is 1. The van der Waals surface area contributed by atoms with Crippen LogP contribution < -0.4 is 21.5 Å². The van der Waals surface area contributed by atoms with Crippen molar-refractivity contribution in [2.45, 2.75) is 49.0 Å². The number of carbonyl (C=O) groups is 1. The van der Waals surface area contributed by atoms with Gasteiger partial charge in [0.1, 0.15) is 18.3 Å². The van der Waals surface area contributed by atoms with Crippen LogP contribution in [0.1, 0.15) is 25.5 Å². The second kappa shape index (κ2) is 10.9. The summed E-state index contributed by atoms with van der Waals surface area (Å²) in [4.78, 5) is 46.8. The lowest BCUT2D eigenvalue weighted by molar-refractivity contribution is -0.245. The van der Waals surface area contributed by atoms with E-state index in [1.54, 1.807) is 7.11 Å². The SMILES string of the molecule is COCCNC(=O)CCCCSc1nc2c(=O)[nH]c(N)nc2n1[C@@H]1OC2COP(=O)([O-])O[C@H]2C1O. The number of ether oxygens (including phenoxy) is 2. The van der Waals surface area contributed by atoms with E-state index < -0.39 is 37.9 Å². The van der Waals surface area contributed by atoms with Gasteiger partial charge in [0.15, 0.2) is 22.5 Å². The summed E-state index contributed by atoms with van der Waals surface area (Å²) in [6.45, 7) is 0.563. The van der Waals surface area contributed by atoms with Gasteiger partial charge in [0.05, 0.1) is 13.2 Å². The molecular formula is C18H26N6O9PS-. The number of aromatic amines is 1. The van der Waals surface area contributed by atoms with E-state index in [1.807, 2.05) is 0 Å². The monoisotopic (exact) mass is 533 g/mol. The Kier molecular flexibility index (Phi) is 8.12. The van der Waals surface area contributed by atoms with Gasteiger partial charge in [0.25, 0.3) is 13.4 Å². The third-order valence-corrected chi connectivity index (χ3v) is 7.41. The fraction of sp³-hybridized carbons (Fsp3) is 0.667. The molecule has 0 aliphatic carbocycles. The van der Waals surface area contributed by atoms with Crippen molar-refractivity contribution in [1.29, 1.82) is 0 Å². The Morgan fingerprint density at radius 3 is 3.03 bits per heavy atom. The molecule has 15 nitrogen and oxygen atoms in total. The Bertz CT molecular complexity index is 1180. The lowest BCUT2D eigenvalue weighted by atomic mass is 10.1. The quantitative estimate of drug-likeness (QED) is 0.162. The number of thioether (sulfide) groups is 1. The van der Waals surface area contributed by atoms with E-state index in [0.717, 1.165) is 0 Å². The summed E-state index contributed by atoms with van der Waals surface area (Å²) >= 11 is 1.27. The predicted molar refractivity (Wildman–Crippen MR) is 120 cm³/mol. The van der Waals surface area contributed by atoms with E-state index in [-0.39, 0.29) is 29.6 Å². The molecule has 17 heteroatoms. The fourth-order valence-electron chi connectivity index (χ4n) is 3.79. The highest BCUT2D eigenvalue weighted by molar-refractivity contribution is 7.99. The first kappa shape index (κ1) is 26.0. The van der Waals surface area contributed by atoms with Crippen molar-refractivity contribution in [3.63, 3.8) is 0 Å². The number of nitrogens with two attached hydrogens (primary N) is 1. The van der Waals surface area contributed by atoms with Gasteiger partial charge >= 0.3 is 0 Å². The zero-order valence-corrected chi connectivity index (χ0v) is 20.5. The Labute approximate surface area is 203 Å². The Morgan fingerprint density at radius 2 is 2.26 bits per heavy atom. The predicted octanol–water partition coefficient (Wildman–Crippen LogP) is -1.13. The van der Waals surface area contributed by atoms with Crippen molar-refractivity contribution in [3.05, 3.63) is 10.4 Å². The lowest BCUT2D eigenvalue weighted by Crippen LogP contribution is -2.41. The molecule has 0 radical (unpaired) electrons. The van der Waals surface area contributed by atoms with E-state index >= 15 is 0 Å². The van der Waals surface area contributed by atoms with Crippen LogP contribution in [-0.4, -0.2) is 81.5 Å². The maximum absolute atomic E-state index is 12.4. The van der Waals surface area contributed by atoms with Crippen LogP contribution in [0.4, 0.5) is 5.95 Å². The van der Waals surface area contributed by atoms with Gasteiger partial charge < -0.3 is 39.6 Å². The van der Waals surface area contributed by atoms with Crippen molar-refractivity contribution in [1.82, 2.24) is 24.8 Å². The molecule has 5 atom stereocenters. The van der Waals surface area contributed by atoms with Crippen LogP contribution in [0.15, 0.2) is 9.95 Å². The third-order valence-electron chi connectivity index (χ3n) is 5.41. The molecule has 2 aliphatic rings. The molecule has 0 aromatic carbocycles. The molecule has 0 bridgehead atoms. The number of anilines is 1. The average Bonchev–Trinajstić information content (AvgIpc) is 3.30. The number of rotatable bonds is 10. The summed E-state index contributed by atoms with van der Waals surface area (Å²) in [6, 6.07) is 0. The number of hydrogen-bond acceptors (Lipinski definition) is 13. The number of aromatic nitrogens is 4. The Hall–Kier alpha value is -2.04. The molecular weight excluding hydrogens is 507 g/mol. The van der Waals surface area contributed by atoms with Crippen molar-refractivity contribution < 1.29 is 37.9 Å². The van der Waals surface area contributed by atoms with Gasteiger partial charge in [0.2, 0.25) is 11.9 Å². The number of imidazole rings is 1. The number of nitrogens with one attached hydrogen (secondary N) is 2. The van der Waals surface area contributed by atoms with E-state index in [1.165, 1.54) is 16.3 Å². The highest BCUT2D eigenvalue weighted by atomic mass is 32.2. The van der Waals surface area contributed by atoms with E-state index in [9.17, 15) is 24.2 Å². The molecule has 5 N–H and O–H groups in total. The summed E-state index contributed by atoms with van der Waals surface area (Å²) in [7, 11) is -3.01. The van der Waals surface area contributed by atoms with Crippen LogP contribution in [0, 0.1) is 0 Å². The van der Waals surface area contributed by atoms with Crippen LogP contribution in [0.25, 0.3) is 11.2 Å². The number of hydrogen-bond donors (Lipinski definition) is 4. The molecule has 2 aliphatic heterocycles. The fourth-order valence-corrected chi connectivity index (χ4v) is 5.75. The minimum atomic E-state index is -4.57. The topological polar surface area (TPSA) is 216 Å². The van der Waals surface area contributed by atoms with Crippen LogP contribution >= 0.6 is 19.6 Å². The van der Waals surface area contributed by atoms with Crippen molar-refractivity contribution in [2.24, 2.45) is 0 Å². The first-order chi connectivity index (χ1) is 16.7.